The summed E-state index contributed by atoms with van der Waals surface area (Å²) in [5.41, 5.74) is 7.88. The van der Waals surface area contributed by atoms with E-state index in [2.05, 4.69) is 31.3 Å². The Bertz CT molecular complexity index is 663. The summed E-state index contributed by atoms with van der Waals surface area (Å²) >= 11 is 3.53. The summed E-state index contributed by atoms with van der Waals surface area (Å²) in [7, 11) is 1.84. The lowest BCUT2D eigenvalue weighted by Gasteiger charge is -2.07. The van der Waals surface area contributed by atoms with E-state index in [1.807, 2.05) is 14.0 Å². The zero-order valence-electron chi connectivity index (χ0n) is 11.9. The number of halogens is 1. The predicted molar refractivity (Wildman–Crippen MR) is 79.1 cm³/mol. The van der Waals surface area contributed by atoms with Gasteiger partial charge < -0.3 is 10.8 Å². The average Bonchev–Trinajstić information content (AvgIpc) is 2.95. The zero-order valence-corrected chi connectivity index (χ0v) is 13.5. The molecule has 0 unspecified atom stereocenters. The molecular weight excluding hydrogens is 340 g/mol. The second-order valence-corrected chi connectivity index (χ2v) is 5.36. The third-order valence-electron chi connectivity index (χ3n) is 3.22. The molecule has 0 aromatic carbocycles. The molecule has 0 aliphatic rings. The highest BCUT2D eigenvalue weighted by atomic mass is 79.9. The van der Waals surface area contributed by atoms with Gasteiger partial charge in [-0.25, -0.2) is 9.48 Å². The highest BCUT2D eigenvalue weighted by molar-refractivity contribution is 9.10. The lowest BCUT2D eigenvalue weighted by Crippen LogP contribution is -2.15. The van der Waals surface area contributed by atoms with Crippen molar-refractivity contribution in [2.45, 2.75) is 26.3 Å². The van der Waals surface area contributed by atoms with Crippen LogP contribution in [0.2, 0.25) is 0 Å². The van der Waals surface area contributed by atoms with Crippen molar-refractivity contribution in [3.05, 3.63) is 27.2 Å². The van der Waals surface area contributed by atoms with E-state index < -0.39 is 5.97 Å². The Hall–Kier alpha value is -1.74. The summed E-state index contributed by atoms with van der Waals surface area (Å²) in [4.78, 5) is 11.2. The van der Waals surface area contributed by atoms with Gasteiger partial charge in [-0.3, -0.25) is 4.68 Å². The van der Waals surface area contributed by atoms with Crippen LogP contribution in [0.5, 0.6) is 0 Å². The van der Waals surface area contributed by atoms with Gasteiger partial charge in [0.15, 0.2) is 5.69 Å². The number of carbonyl (C=O) groups is 1. The fourth-order valence-electron chi connectivity index (χ4n) is 2.14. The molecule has 0 aliphatic carbocycles. The van der Waals surface area contributed by atoms with Crippen LogP contribution in [0.25, 0.3) is 0 Å². The molecule has 2 aromatic heterocycles. The van der Waals surface area contributed by atoms with Crippen LogP contribution in [0.1, 0.15) is 34.5 Å². The number of aromatic carboxylic acids is 1. The Morgan fingerprint density at radius 2 is 2.14 bits per heavy atom. The number of nitrogens with two attached hydrogens (primary N) is 1. The summed E-state index contributed by atoms with van der Waals surface area (Å²) in [6.07, 6.45) is 1.21. The van der Waals surface area contributed by atoms with Crippen LogP contribution in [-0.2, 0) is 26.4 Å². The van der Waals surface area contributed by atoms with Crippen LogP contribution in [0.4, 0.5) is 0 Å². The van der Waals surface area contributed by atoms with Gasteiger partial charge in [0.2, 0.25) is 0 Å². The van der Waals surface area contributed by atoms with Gasteiger partial charge in [0, 0.05) is 13.5 Å². The summed E-state index contributed by atoms with van der Waals surface area (Å²) < 4.78 is 4.24. The van der Waals surface area contributed by atoms with E-state index in [1.165, 1.54) is 0 Å². The van der Waals surface area contributed by atoms with Gasteiger partial charge in [-0.1, -0.05) is 12.1 Å². The summed E-state index contributed by atoms with van der Waals surface area (Å²) in [5, 5.41) is 21.2. The highest BCUT2D eigenvalue weighted by Gasteiger charge is 2.20. The normalized spacial score (nSPS) is 11.0. The van der Waals surface area contributed by atoms with Gasteiger partial charge in [-0.2, -0.15) is 5.10 Å². The monoisotopic (exact) mass is 356 g/mol. The first kappa shape index (κ1) is 15.6. The third-order valence-corrected chi connectivity index (χ3v) is 4.14. The molecule has 2 heterocycles. The van der Waals surface area contributed by atoms with Gasteiger partial charge >= 0.3 is 5.97 Å². The molecule has 0 saturated carbocycles. The molecular formula is C12H17BrN6O2. The Labute approximate surface area is 130 Å². The maximum atomic E-state index is 11.2. The van der Waals surface area contributed by atoms with Gasteiger partial charge in [0.1, 0.15) is 0 Å². The molecule has 0 atom stereocenters. The Morgan fingerprint density at radius 1 is 1.43 bits per heavy atom. The number of rotatable bonds is 6. The van der Waals surface area contributed by atoms with Crippen molar-refractivity contribution in [2.75, 3.05) is 6.54 Å². The molecule has 9 heteroatoms. The summed E-state index contributed by atoms with van der Waals surface area (Å²) in [6.45, 7) is 2.74. The first-order chi connectivity index (χ1) is 9.99. The number of aromatic nitrogens is 5. The van der Waals surface area contributed by atoms with Crippen molar-refractivity contribution in [1.82, 2.24) is 24.8 Å². The van der Waals surface area contributed by atoms with Crippen LogP contribution in [0.15, 0.2) is 4.47 Å². The van der Waals surface area contributed by atoms with E-state index in [-0.39, 0.29) is 5.69 Å². The average molecular weight is 357 g/mol. The standard InChI is InChI=1S/C12H17BrN6O2/c1-3-7-10(13)9(18(2)16-7)6-19-8(4-5-14)11(12(20)21)15-17-19/h3-6,14H2,1-2H3,(H,20,21). The topological polar surface area (TPSA) is 112 Å². The summed E-state index contributed by atoms with van der Waals surface area (Å²) in [5.74, 6) is -1.09. The Morgan fingerprint density at radius 3 is 2.67 bits per heavy atom. The molecule has 0 fully saturated rings. The maximum absolute atomic E-state index is 11.2. The number of nitrogens with zero attached hydrogens (tertiary/aromatic N) is 5. The van der Waals surface area contributed by atoms with Crippen LogP contribution in [-0.4, -0.2) is 42.4 Å². The summed E-state index contributed by atoms with van der Waals surface area (Å²) in [6, 6.07) is 0. The number of hydrogen-bond acceptors (Lipinski definition) is 5. The van der Waals surface area contributed by atoms with Crippen LogP contribution in [0.3, 0.4) is 0 Å². The molecule has 2 rings (SSSR count). The highest BCUT2D eigenvalue weighted by Crippen LogP contribution is 2.23. The Balaban J connectivity index is 2.40. The molecule has 0 bridgehead atoms. The fourth-order valence-corrected chi connectivity index (χ4v) is 2.89. The van der Waals surface area contributed by atoms with Gasteiger partial charge in [0.25, 0.3) is 0 Å². The second-order valence-electron chi connectivity index (χ2n) is 4.57. The first-order valence-electron chi connectivity index (χ1n) is 6.55. The lowest BCUT2D eigenvalue weighted by atomic mass is 10.2. The van der Waals surface area contributed by atoms with E-state index in [4.69, 9.17) is 10.8 Å². The van der Waals surface area contributed by atoms with E-state index in [0.29, 0.717) is 25.2 Å². The van der Waals surface area contributed by atoms with Crippen molar-refractivity contribution in [2.24, 2.45) is 12.8 Å². The first-order valence-corrected chi connectivity index (χ1v) is 7.34. The second kappa shape index (κ2) is 6.35. The van der Waals surface area contributed by atoms with Crippen LogP contribution < -0.4 is 5.73 Å². The van der Waals surface area contributed by atoms with Gasteiger partial charge in [0.05, 0.1) is 28.1 Å². The molecule has 0 spiro atoms. The van der Waals surface area contributed by atoms with E-state index in [9.17, 15) is 4.79 Å². The maximum Gasteiger partial charge on any atom is 0.358 e. The third kappa shape index (κ3) is 2.98. The number of hydrogen-bond donors (Lipinski definition) is 2. The quantitative estimate of drug-likeness (QED) is 0.782. The molecule has 114 valence electrons. The van der Waals surface area contributed by atoms with Crippen LogP contribution in [0, 0.1) is 0 Å². The molecule has 3 N–H and O–H groups in total. The molecule has 0 amide bonds. The smallest absolute Gasteiger partial charge is 0.358 e. The van der Waals surface area contributed by atoms with Crippen LogP contribution >= 0.6 is 15.9 Å². The molecule has 8 nitrogen and oxygen atoms in total. The zero-order chi connectivity index (χ0) is 15.6. The molecule has 2 aromatic rings. The largest absolute Gasteiger partial charge is 0.476 e. The molecule has 0 saturated heterocycles. The van der Waals surface area contributed by atoms with Gasteiger partial charge in [-0.15, -0.1) is 5.10 Å². The SMILES string of the molecule is CCc1nn(C)c(Cn2nnc(C(=O)O)c2CCN)c1Br. The number of carboxylic acids is 1. The minimum Gasteiger partial charge on any atom is -0.476 e. The molecule has 0 radical (unpaired) electrons. The van der Waals surface area contributed by atoms with Crippen molar-refractivity contribution in [3.8, 4) is 0 Å². The Kier molecular flexibility index (Phi) is 4.73. The van der Waals surface area contributed by atoms with E-state index in [0.717, 1.165) is 22.3 Å². The molecule has 21 heavy (non-hydrogen) atoms. The number of carboxylic acid groups (broad SMARTS) is 1. The fraction of sp³-hybridized carbons (Fsp3) is 0.500. The number of aryl methyl sites for hydroxylation is 2. The van der Waals surface area contributed by atoms with E-state index in [1.54, 1.807) is 9.36 Å². The van der Waals surface area contributed by atoms with Crippen molar-refractivity contribution in [3.63, 3.8) is 0 Å². The van der Waals surface area contributed by atoms with E-state index >= 15 is 0 Å². The van der Waals surface area contributed by atoms with Gasteiger partial charge in [-0.05, 0) is 28.9 Å². The van der Waals surface area contributed by atoms with Crippen molar-refractivity contribution < 1.29 is 9.90 Å². The molecule has 0 aliphatic heterocycles. The minimum absolute atomic E-state index is 0.0468. The predicted octanol–water partition coefficient (Wildman–Crippen LogP) is 0.584. The van der Waals surface area contributed by atoms with Crippen molar-refractivity contribution >= 4 is 21.9 Å². The minimum atomic E-state index is -1.09. The lowest BCUT2D eigenvalue weighted by molar-refractivity contribution is 0.0689. The van der Waals surface area contributed by atoms with Crippen molar-refractivity contribution in [1.29, 1.82) is 0 Å².